The summed E-state index contributed by atoms with van der Waals surface area (Å²) in [4.78, 5) is 0. The van der Waals surface area contributed by atoms with Gasteiger partial charge in [-0.15, -0.1) is 0 Å². The van der Waals surface area contributed by atoms with E-state index >= 15 is 0 Å². The van der Waals surface area contributed by atoms with Crippen LogP contribution in [0, 0.1) is 0 Å². The molecule has 0 aliphatic heterocycles. The van der Waals surface area contributed by atoms with E-state index in [-0.39, 0.29) is 6.61 Å². The number of aliphatic hydroxyl groups is 1. The average Bonchev–Trinajstić information content (AvgIpc) is 1.30. The molecule has 0 radical (unpaired) electrons. The predicted octanol–water partition coefficient (Wildman–Crippen LogP) is 0.173. The molecule has 7 heavy (non-hydrogen) atoms. The zero-order valence-corrected chi connectivity index (χ0v) is 5.49. The van der Waals surface area contributed by atoms with Gasteiger partial charge in [-0.25, -0.2) is 0 Å². The zero-order chi connectivity index (χ0) is 5.91. The van der Waals surface area contributed by atoms with Crippen LogP contribution in [0.15, 0.2) is 0 Å². The molecule has 0 fully saturated rings. The molecule has 0 bridgehead atoms. The molecule has 0 saturated carbocycles. The molecule has 0 aromatic carbocycles. The van der Waals surface area contributed by atoms with Gasteiger partial charge in [-0.3, -0.25) is 0 Å². The average molecular weight is 123 g/mol. The van der Waals surface area contributed by atoms with Crippen molar-refractivity contribution in [3.63, 3.8) is 0 Å². The topological polar surface area (TPSA) is 43.3 Å². The van der Waals surface area contributed by atoms with Gasteiger partial charge in [0.2, 0.25) is 0 Å². The van der Waals surface area contributed by atoms with E-state index < -0.39 is 10.3 Å². The molecule has 0 heterocycles. The molecule has 0 aromatic rings. The van der Waals surface area contributed by atoms with Crippen molar-refractivity contribution in [2.24, 2.45) is 0 Å². The van der Waals surface area contributed by atoms with Crippen LogP contribution in [0.3, 0.4) is 0 Å². The number of aliphatic hydroxyl groups excluding tert-OH is 1. The van der Waals surface area contributed by atoms with Crippen molar-refractivity contribution in [2.75, 3.05) is 24.9 Å². The highest BCUT2D eigenvalue weighted by atomic mass is 32.3. The second-order valence-corrected chi connectivity index (χ2v) is 5.15. The second-order valence-electron chi connectivity index (χ2n) is 1.86. The Bertz CT molecular complexity index is 48.1. The molecule has 0 aliphatic carbocycles. The highest BCUT2D eigenvalue weighted by Gasteiger charge is 1.90. The lowest BCUT2D eigenvalue weighted by Crippen LogP contribution is -2.02. The van der Waals surface area contributed by atoms with Gasteiger partial charge in [0.1, 0.15) is 0 Å². The minimum Gasteiger partial charge on any atom is -0.812 e. The SMILES string of the molecule is CS(C)([O-])CCO. The van der Waals surface area contributed by atoms with Gasteiger partial charge in [-0.2, -0.15) is 0 Å². The quantitative estimate of drug-likeness (QED) is 0.569. The van der Waals surface area contributed by atoms with Crippen LogP contribution in [-0.4, -0.2) is 34.5 Å². The Kier molecular flexibility index (Phi) is 2.64. The van der Waals surface area contributed by atoms with E-state index in [9.17, 15) is 4.55 Å². The molecule has 0 atom stereocenters. The first-order valence-corrected chi connectivity index (χ1v) is 4.63. The summed E-state index contributed by atoms with van der Waals surface area (Å²) >= 11 is 0. The van der Waals surface area contributed by atoms with Crippen LogP contribution in [0.1, 0.15) is 0 Å². The number of rotatable bonds is 2. The van der Waals surface area contributed by atoms with E-state index in [4.69, 9.17) is 5.11 Å². The molecule has 2 nitrogen and oxygen atoms in total. The standard InChI is InChI=1S/C4H12O2S/c1-7(2,6)4-3-5/h5-6H,3-4H2,1-2H3/p-1. The van der Waals surface area contributed by atoms with E-state index in [0.717, 1.165) is 0 Å². The zero-order valence-electron chi connectivity index (χ0n) is 4.68. The lowest BCUT2D eigenvalue weighted by atomic mass is 10.9. The maximum Gasteiger partial charge on any atom is 0.0497 e. The van der Waals surface area contributed by atoms with Gasteiger partial charge in [-0.1, -0.05) is 0 Å². The van der Waals surface area contributed by atoms with E-state index in [0.29, 0.717) is 5.75 Å². The lowest BCUT2D eigenvalue weighted by molar-refractivity contribution is 0.319. The van der Waals surface area contributed by atoms with Gasteiger partial charge in [0.15, 0.2) is 0 Å². The van der Waals surface area contributed by atoms with Gasteiger partial charge in [0.05, 0.1) is 0 Å². The predicted molar refractivity (Wildman–Crippen MR) is 32.2 cm³/mol. The second kappa shape index (κ2) is 2.55. The van der Waals surface area contributed by atoms with Crippen LogP contribution in [0.5, 0.6) is 0 Å². The highest BCUT2D eigenvalue weighted by Crippen LogP contribution is 2.31. The molecule has 46 valence electrons. The Morgan fingerprint density at radius 3 is 2.00 bits per heavy atom. The van der Waals surface area contributed by atoms with Crippen molar-refractivity contribution in [1.29, 1.82) is 0 Å². The maximum absolute atomic E-state index is 10.6. The molecule has 1 N–H and O–H groups in total. The van der Waals surface area contributed by atoms with E-state index in [1.807, 2.05) is 0 Å². The van der Waals surface area contributed by atoms with Crippen LogP contribution in [-0.2, 0) is 0 Å². The van der Waals surface area contributed by atoms with Crippen LogP contribution in [0.25, 0.3) is 0 Å². The first-order valence-electron chi connectivity index (χ1n) is 2.09. The van der Waals surface area contributed by atoms with Gasteiger partial charge < -0.3 is 20.0 Å². The summed E-state index contributed by atoms with van der Waals surface area (Å²) in [5, 5.41) is 8.22. The van der Waals surface area contributed by atoms with E-state index in [1.54, 1.807) is 12.5 Å². The van der Waals surface area contributed by atoms with Crippen LogP contribution in [0.4, 0.5) is 0 Å². The highest BCUT2D eigenvalue weighted by molar-refractivity contribution is 8.27. The van der Waals surface area contributed by atoms with E-state index in [2.05, 4.69) is 0 Å². The first-order chi connectivity index (χ1) is 3.06. The summed E-state index contributed by atoms with van der Waals surface area (Å²) in [6.07, 6.45) is 3.28. The summed E-state index contributed by atoms with van der Waals surface area (Å²) in [7, 11) is -1.67. The molecular weight excluding hydrogens is 112 g/mol. The van der Waals surface area contributed by atoms with E-state index in [1.165, 1.54) is 0 Å². The van der Waals surface area contributed by atoms with Crippen molar-refractivity contribution < 1.29 is 9.66 Å². The smallest absolute Gasteiger partial charge is 0.0497 e. The Morgan fingerprint density at radius 1 is 1.57 bits per heavy atom. The summed E-state index contributed by atoms with van der Waals surface area (Å²) in [6.45, 7) is 0.0336. The first kappa shape index (κ1) is 7.27. The fourth-order valence-corrected chi connectivity index (χ4v) is 0.660. The summed E-state index contributed by atoms with van der Waals surface area (Å²) in [6, 6.07) is 0. The molecule has 0 unspecified atom stereocenters. The largest absolute Gasteiger partial charge is 0.812 e. The minimum absolute atomic E-state index is 0.0336. The maximum atomic E-state index is 10.6. The summed E-state index contributed by atoms with van der Waals surface area (Å²) < 4.78 is 10.6. The fraction of sp³-hybridized carbons (Fsp3) is 1.00. The molecule has 0 rings (SSSR count). The molecule has 0 spiro atoms. The Balaban J connectivity index is 3.15. The van der Waals surface area contributed by atoms with Gasteiger partial charge >= 0.3 is 0 Å². The Labute approximate surface area is 45.7 Å². The number of hydrogen-bond donors (Lipinski definition) is 1. The molecule has 3 heteroatoms. The fourth-order valence-electron chi connectivity index (χ4n) is 0.220. The molecule has 0 saturated heterocycles. The minimum atomic E-state index is -1.67. The summed E-state index contributed by atoms with van der Waals surface area (Å²) in [5.74, 6) is 0.424. The molecule has 0 aromatic heterocycles. The van der Waals surface area contributed by atoms with Crippen molar-refractivity contribution in [3.8, 4) is 0 Å². The number of hydrogen-bond acceptors (Lipinski definition) is 2. The van der Waals surface area contributed by atoms with Gasteiger partial charge in [0, 0.05) is 6.61 Å². The third-order valence-corrected chi connectivity index (χ3v) is 1.75. The van der Waals surface area contributed by atoms with Gasteiger partial charge in [0.25, 0.3) is 0 Å². The van der Waals surface area contributed by atoms with Crippen molar-refractivity contribution in [3.05, 3.63) is 0 Å². The van der Waals surface area contributed by atoms with Crippen molar-refractivity contribution >= 4 is 10.3 Å². The monoisotopic (exact) mass is 123 g/mol. The third-order valence-electron chi connectivity index (χ3n) is 0.583. The lowest BCUT2D eigenvalue weighted by Gasteiger charge is -2.37. The van der Waals surface area contributed by atoms with Crippen LogP contribution < -0.4 is 0 Å². The Morgan fingerprint density at radius 2 is 2.00 bits per heavy atom. The van der Waals surface area contributed by atoms with Crippen LogP contribution >= 0.6 is 10.3 Å². The van der Waals surface area contributed by atoms with Crippen molar-refractivity contribution in [1.82, 2.24) is 0 Å². The third kappa shape index (κ3) is 6.27. The van der Waals surface area contributed by atoms with Crippen molar-refractivity contribution in [2.45, 2.75) is 0 Å². The van der Waals surface area contributed by atoms with Crippen LogP contribution in [0.2, 0.25) is 0 Å². The molecule has 0 aliphatic rings. The normalized spacial score (nSPS) is 14.3. The Hall–Kier alpha value is 0.270. The van der Waals surface area contributed by atoms with Gasteiger partial charge in [-0.05, 0) is 18.3 Å². The molecule has 0 amide bonds. The molecular formula is C4H11O2S-. The summed E-state index contributed by atoms with van der Waals surface area (Å²) in [5.41, 5.74) is 0.